The quantitative estimate of drug-likeness (QED) is 0.859. The van der Waals surface area contributed by atoms with Crippen LogP contribution in [0.3, 0.4) is 0 Å². The Bertz CT molecular complexity index is 644. The molecule has 1 aliphatic heterocycles. The lowest BCUT2D eigenvalue weighted by molar-refractivity contribution is 0.397. The Morgan fingerprint density at radius 2 is 1.85 bits per heavy atom. The molecule has 0 saturated carbocycles. The summed E-state index contributed by atoms with van der Waals surface area (Å²) in [6, 6.07) is 4.42. The Morgan fingerprint density at radius 1 is 1.20 bits per heavy atom. The molecule has 1 aromatic carbocycles. The van der Waals surface area contributed by atoms with Gasteiger partial charge in [0.25, 0.3) is 0 Å². The third-order valence-electron chi connectivity index (χ3n) is 4.35. The molecular weight excluding hydrogens is 246 g/mol. The van der Waals surface area contributed by atoms with E-state index in [1.165, 1.54) is 28.7 Å². The molecule has 2 aromatic rings. The van der Waals surface area contributed by atoms with Crippen LogP contribution in [-0.2, 0) is 13.0 Å². The molecule has 1 aromatic heterocycles. The molecule has 3 heteroatoms. The van der Waals surface area contributed by atoms with Gasteiger partial charge in [-0.05, 0) is 44.2 Å². The van der Waals surface area contributed by atoms with Gasteiger partial charge in [0.05, 0.1) is 0 Å². The lowest BCUT2D eigenvalue weighted by Crippen LogP contribution is -2.19. The fraction of sp³-hybridized carbons (Fsp3) is 0.471. The third-order valence-corrected chi connectivity index (χ3v) is 4.35. The van der Waals surface area contributed by atoms with Gasteiger partial charge in [-0.15, -0.1) is 0 Å². The largest absolute Gasteiger partial charge is 0.383 e. The topological polar surface area (TPSA) is 43.8 Å². The molecule has 2 N–H and O–H groups in total. The van der Waals surface area contributed by atoms with Gasteiger partial charge < -0.3 is 10.3 Å². The molecule has 0 amide bonds. The highest BCUT2D eigenvalue weighted by Gasteiger charge is 2.23. The molecular formula is C17H23N3. The molecule has 1 aliphatic rings. The van der Waals surface area contributed by atoms with Crippen LogP contribution < -0.4 is 5.73 Å². The lowest BCUT2D eigenvalue weighted by atomic mass is 9.97. The van der Waals surface area contributed by atoms with Gasteiger partial charge in [0.1, 0.15) is 17.3 Å². The van der Waals surface area contributed by atoms with Crippen LogP contribution >= 0.6 is 0 Å². The molecule has 3 rings (SSSR count). The normalized spacial score (nSPS) is 18.1. The minimum atomic E-state index is 0.687. The number of nitrogen functional groups attached to an aromatic ring is 1. The summed E-state index contributed by atoms with van der Waals surface area (Å²) in [6.45, 7) is 9.71. The van der Waals surface area contributed by atoms with Crippen molar-refractivity contribution in [2.75, 3.05) is 5.73 Å². The first-order valence-electron chi connectivity index (χ1n) is 7.40. The number of fused-ring (bicyclic) bond motifs is 1. The number of benzene rings is 1. The van der Waals surface area contributed by atoms with Gasteiger partial charge >= 0.3 is 0 Å². The summed E-state index contributed by atoms with van der Waals surface area (Å²) in [5.41, 5.74) is 12.4. The minimum Gasteiger partial charge on any atom is -0.383 e. The van der Waals surface area contributed by atoms with E-state index in [1.807, 2.05) is 0 Å². The van der Waals surface area contributed by atoms with Crippen molar-refractivity contribution < 1.29 is 0 Å². The average molecular weight is 269 g/mol. The molecule has 1 atom stereocenters. The molecule has 0 spiro atoms. The predicted octanol–water partition coefficient (Wildman–Crippen LogP) is 3.64. The predicted molar refractivity (Wildman–Crippen MR) is 83.8 cm³/mol. The van der Waals surface area contributed by atoms with Crippen molar-refractivity contribution in [1.82, 2.24) is 9.55 Å². The Balaban J connectivity index is 2.17. The summed E-state index contributed by atoms with van der Waals surface area (Å²) in [5, 5.41) is 0. The number of rotatable bonds is 1. The maximum absolute atomic E-state index is 6.39. The highest BCUT2D eigenvalue weighted by atomic mass is 15.1. The van der Waals surface area contributed by atoms with Crippen molar-refractivity contribution in [3.8, 4) is 11.3 Å². The Labute approximate surface area is 120 Å². The van der Waals surface area contributed by atoms with E-state index in [1.54, 1.807) is 0 Å². The third kappa shape index (κ3) is 2.01. The van der Waals surface area contributed by atoms with Crippen molar-refractivity contribution in [1.29, 1.82) is 0 Å². The van der Waals surface area contributed by atoms with Crippen LogP contribution in [0, 0.1) is 26.7 Å². The van der Waals surface area contributed by atoms with E-state index in [0.717, 1.165) is 30.3 Å². The van der Waals surface area contributed by atoms with Crippen LogP contribution in [0.4, 0.5) is 5.82 Å². The second-order valence-electron chi connectivity index (χ2n) is 6.29. The zero-order valence-electron chi connectivity index (χ0n) is 12.8. The van der Waals surface area contributed by atoms with E-state index in [9.17, 15) is 0 Å². The minimum absolute atomic E-state index is 0.687. The molecule has 106 valence electrons. The fourth-order valence-corrected chi connectivity index (χ4v) is 3.42. The van der Waals surface area contributed by atoms with E-state index < -0.39 is 0 Å². The molecule has 0 saturated heterocycles. The Hall–Kier alpha value is -1.77. The first-order chi connectivity index (χ1) is 9.47. The highest BCUT2D eigenvalue weighted by molar-refractivity contribution is 5.76. The monoisotopic (exact) mass is 269 g/mol. The van der Waals surface area contributed by atoms with E-state index in [4.69, 9.17) is 10.7 Å². The van der Waals surface area contributed by atoms with E-state index in [0.29, 0.717) is 5.92 Å². The average Bonchev–Trinajstić information content (AvgIpc) is 2.66. The maximum Gasteiger partial charge on any atom is 0.131 e. The van der Waals surface area contributed by atoms with Gasteiger partial charge in [-0.3, -0.25) is 0 Å². The summed E-state index contributed by atoms with van der Waals surface area (Å²) < 4.78 is 2.21. The zero-order valence-corrected chi connectivity index (χ0v) is 12.8. The first-order valence-corrected chi connectivity index (χ1v) is 7.40. The van der Waals surface area contributed by atoms with Gasteiger partial charge in [0.2, 0.25) is 0 Å². The number of hydrogen-bond donors (Lipinski definition) is 1. The van der Waals surface area contributed by atoms with Crippen molar-refractivity contribution in [2.24, 2.45) is 5.92 Å². The molecule has 2 heterocycles. The SMILES string of the molecule is Cc1cc(C)c(-c2nc3n(c2N)CC(C)CC3)c(C)c1. The number of aryl methyl sites for hydroxylation is 4. The number of nitrogens with zero attached hydrogens (tertiary/aromatic N) is 2. The molecule has 3 nitrogen and oxygen atoms in total. The van der Waals surface area contributed by atoms with Crippen LogP contribution in [-0.4, -0.2) is 9.55 Å². The second-order valence-corrected chi connectivity index (χ2v) is 6.29. The number of nitrogens with two attached hydrogens (primary N) is 1. The van der Waals surface area contributed by atoms with Crippen LogP contribution in [0.15, 0.2) is 12.1 Å². The molecule has 1 unspecified atom stereocenters. The smallest absolute Gasteiger partial charge is 0.131 e. The second kappa shape index (κ2) is 4.65. The summed E-state index contributed by atoms with van der Waals surface area (Å²) >= 11 is 0. The van der Waals surface area contributed by atoms with E-state index in [-0.39, 0.29) is 0 Å². The molecule has 0 fully saturated rings. The van der Waals surface area contributed by atoms with Gasteiger partial charge in [0.15, 0.2) is 0 Å². The molecule has 0 radical (unpaired) electrons. The number of aromatic nitrogens is 2. The maximum atomic E-state index is 6.39. The van der Waals surface area contributed by atoms with E-state index in [2.05, 4.69) is 44.4 Å². The van der Waals surface area contributed by atoms with Crippen LogP contribution in [0.5, 0.6) is 0 Å². The van der Waals surface area contributed by atoms with Gasteiger partial charge in [-0.1, -0.05) is 24.6 Å². The Kier molecular flexibility index (Phi) is 3.08. The van der Waals surface area contributed by atoms with Crippen molar-refractivity contribution in [2.45, 2.75) is 47.1 Å². The van der Waals surface area contributed by atoms with Crippen molar-refractivity contribution in [3.63, 3.8) is 0 Å². The highest BCUT2D eigenvalue weighted by Crippen LogP contribution is 2.35. The van der Waals surface area contributed by atoms with Crippen molar-refractivity contribution in [3.05, 3.63) is 34.6 Å². The van der Waals surface area contributed by atoms with Crippen LogP contribution in [0.25, 0.3) is 11.3 Å². The van der Waals surface area contributed by atoms with Crippen LogP contribution in [0.1, 0.15) is 35.9 Å². The fourth-order valence-electron chi connectivity index (χ4n) is 3.42. The summed E-state index contributed by atoms with van der Waals surface area (Å²) in [7, 11) is 0. The number of hydrogen-bond acceptors (Lipinski definition) is 2. The molecule has 0 aliphatic carbocycles. The van der Waals surface area contributed by atoms with Gasteiger partial charge in [-0.25, -0.2) is 4.98 Å². The molecule has 20 heavy (non-hydrogen) atoms. The lowest BCUT2D eigenvalue weighted by Gasteiger charge is -2.20. The molecule has 0 bridgehead atoms. The number of imidazole rings is 1. The number of anilines is 1. The summed E-state index contributed by atoms with van der Waals surface area (Å²) in [5.74, 6) is 2.67. The van der Waals surface area contributed by atoms with E-state index >= 15 is 0 Å². The van der Waals surface area contributed by atoms with Crippen molar-refractivity contribution >= 4 is 5.82 Å². The Morgan fingerprint density at radius 3 is 2.50 bits per heavy atom. The van der Waals surface area contributed by atoms with Gasteiger partial charge in [0, 0.05) is 18.5 Å². The summed E-state index contributed by atoms with van der Waals surface area (Å²) in [4.78, 5) is 4.84. The zero-order chi connectivity index (χ0) is 14.4. The summed E-state index contributed by atoms with van der Waals surface area (Å²) in [6.07, 6.45) is 2.25. The standard InChI is InChI=1S/C17H23N3/c1-10-5-6-14-19-16(17(18)20(14)9-10)15-12(3)7-11(2)8-13(15)4/h7-8,10H,5-6,9,18H2,1-4H3. The van der Waals surface area contributed by atoms with Gasteiger partial charge in [-0.2, -0.15) is 0 Å². The van der Waals surface area contributed by atoms with Crippen LogP contribution in [0.2, 0.25) is 0 Å². The first kappa shape index (κ1) is 13.2.